The van der Waals surface area contributed by atoms with Gasteiger partial charge in [-0.15, -0.1) is 0 Å². The number of oxazole rings is 1. The van der Waals surface area contributed by atoms with Crippen LogP contribution in [0.25, 0.3) is 0 Å². The van der Waals surface area contributed by atoms with Crippen LogP contribution in [-0.2, 0) is 17.6 Å². The smallest absolute Gasteiger partial charge is 0.195 e. The van der Waals surface area contributed by atoms with Gasteiger partial charge < -0.3 is 14.9 Å². The highest BCUT2D eigenvalue weighted by Gasteiger charge is 2.16. The number of ether oxygens (including phenoxy) is 1. The molecule has 2 N–H and O–H groups in total. The van der Waals surface area contributed by atoms with E-state index < -0.39 is 0 Å². The molecule has 1 aromatic rings. The van der Waals surface area contributed by atoms with Crippen LogP contribution in [0.5, 0.6) is 0 Å². The molecule has 15 heavy (non-hydrogen) atoms. The molecule has 0 aliphatic carbocycles. The molecule has 1 atom stereocenters. The average Bonchev–Trinajstić information content (AvgIpc) is 2.85. The summed E-state index contributed by atoms with van der Waals surface area (Å²) in [5.74, 6) is 1.70. The zero-order valence-corrected chi connectivity index (χ0v) is 8.95. The van der Waals surface area contributed by atoms with Gasteiger partial charge in [0.15, 0.2) is 5.89 Å². The van der Waals surface area contributed by atoms with Gasteiger partial charge in [-0.1, -0.05) is 0 Å². The molecule has 1 aliphatic rings. The predicted molar refractivity (Wildman–Crippen MR) is 56.6 cm³/mol. The number of nitrogens with zero attached hydrogens (tertiary/aromatic N) is 1. The zero-order chi connectivity index (χ0) is 10.5. The third-order valence-electron chi connectivity index (χ3n) is 2.70. The number of aromatic nitrogens is 1. The van der Waals surface area contributed by atoms with Gasteiger partial charge in [0.05, 0.1) is 12.3 Å². The molecule has 1 fully saturated rings. The summed E-state index contributed by atoms with van der Waals surface area (Å²) in [6, 6.07) is 0. The molecular weight excluding hydrogens is 192 g/mol. The van der Waals surface area contributed by atoms with Crippen LogP contribution in [0, 0.1) is 0 Å². The van der Waals surface area contributed by atoms with E-state index in [9.17, 15) is 0 Å². The second-order valence-electron chi connectivity index (χ2n) is 3.93. The lowest BCUT2D eigenvalue weighted by Crippen LogP contribution is -2.05. The summed E-state index contributed by atoms with van der Waals surface area (Å²) < 4.78 is 11.1. The Morgan fingerprint density at radius 2 is 2.40 bits per heavy atom. The standard InChI is InChI=1S/C11H18N2O2/c12-6-5-11-13-8-10(15-11)4-3-9-2-1-7-14-9/h8-9H,1-7,12H2. The first kappa shape index (κ1) is 10.6. The molecule has 4 heteroatoms. The van der Waals surface area contributed by atoms with Gasteiger partial charge in [0.25, 0.3) is 0 Å². The van der Waals surface area contributed by atoms with Crippen molar-refractivity contribution in [3.05, 3.63) is 17.8 Å². The maximum atomic E-state index is 5.55. The van der Waals surface area contributed by atoms with Crippen molar-refractivity contribution in [1.82, 2.24) is 4.98 Å². The quantitative estimate of drug-likeness (QED) is 0.795. The molecule has 0 spiro atoms. The summed E-state index contributed by atoms with van der Waals surface area (Å²) in [7, 11) is 0. The monoisotopic (exact) mass is 210 g/mol. The third-order valence-corrected chi connectivity index (χ3v) is 2.70. The fourth-order valence-corrected chi connectivity index (χ4v) is 1.88. The SMILES string of the molecule is NCCc1ncc(CCC2CCCO2)o1. The summed E-state index contributed by atoms with van der Waals surface area (Å²) in [5.41, 5.74) is 5.42. The van der Waals surface area contributed by atoms with Crippen LogP contribution in [0.4, 0.5) is 0 Å². The van der Waals surface area contributed by atoms with E-state index >= 15 is 0 Å². The Morgan fingerprint density at radius 1 is 1.47 bits per heavy atom. The van der Waals surface area contributed by atoms with Crippen molar-refractivity contribution < 1.29 is 9.15 Å². The van der Waals surface area contributed by atoms with Crippen molar-refractivity contribution in [3.63, 3.8) is 0 Å². The summed E-state index contributed by atoms with van der Waals surface area (Å²) >= 11 is 0. The predicted octanol–water partition coefficient (Wildman–Crippen LogP) is 1.29. The minimum Gasteiger partial charge on any atom is -0.446 e. The van der Waals surface area contributed by atoms with Crippen molar-refractivity contribution in [2.24, 2.45) is 5.73 Å². The summed E-state index contributed by atoms with van der Waals surface area (Å²) in [6.07, 6.45) is 7.29. The minimum atomic E-state index is 0.424. The van der Waals surface area contributed by atoms with Crippen LogP contribution in [0.1, 0.15) is 30.9 Å². The number of hydrogen-bond donors (Lipinski definition) is 1. The van der Waals surface area contributed by atoms with Crippen LogP contribution in [-0.4, -0.2) is 24.2 Å². The maximum absolute atomic E-state index is 5.55. The third kappa shape index (κ3) is 3.04. The van der Waals surface area contributed by atoms with Crippen LogP contribution in [0.15, 0.2) is 10.6 Å². The van der Waals surface area contributed by atoms with Crippen molar-refractivity contribution in [1.29, 1.82) is 0 Å². The molecule has 0 saturated carbocycles. The number of aryl methyl sites for hydroxylation is 1. The van der Waals surface area contributed by atoms with E-state index in [1.807, 2.05) is 0 Å². The molecule has 4 nitrogen and oxygen atoms in total. The van der Waals surface area contributed by atoms with Gasteiger partial charge in [-0.2, -0.15) is 0 Å². The molecule has 0 bridgehead atoms. The molecule has 2 rings (SSSR count). The summed E-state index contributed by atoms with van der Waals surface area (Å²) in [4.78, 5) is 4.16. The Hall–Kier alpha value is -0.870. The Morgan fingerprint density at radius 3 is 3.13 bits per heavy atom. The minimum absolute atomic E-state index is 0.424. The van der Waals surface area contributed by atoms with Gasteiger partial charge in [-0.05, 0) is 19.3 Å². The molecular formula is C11H18N2O2. The molecule has 0 aromatic carbocycles. The molecule has 1 unspecified atom stereocenters. The fourth-order valence-electron chi connectivity index (χ4n) is 1.88. The van der Waals surface area contributed by atoms with Crippen LogP contribution in [0.2, 0.25) is 0 Å². The van der Waals surface area contributed by atoms with Crippen molar-refractivity contribution >= 4 is 0 Å². The lowest BCUT2D eigenvalue weighted by Gasteiger charge is -2.06. The second-order valence-corrected chi connectivity index (χ2v) is 3.93. The number of hydrogen-bond acceptors (Lipinski definition) is 4. The van der Waals surface area contributed by atoms with E-state index in [1.54, 1.807) is 6.20 Å². The summed E-state index contributed by atoms with van der Waals surface area (Å²) in [5, 5.41) is 0. The lowest BCUT2D eigenvalue weighted by atomic mass is 10.1. The van der Waals surface area contributed by atoms with Gasteiger partial charge in [0.1, 0.15) is 5.76 Å². The van der Waals surface area contributed by atoms with E-state index in [0.717, 1.165) is 37.5 Å². The second kappa shape index (κ2) is 5.28. The molecule has 0 radical (unpaired) electrons. The lowest BCUT2D eigenvalue weighted by molar-refractivity contribution is 0.103. The highest BCUT2D eigenvalue weighted by Crippen LogP contribution is 2.18. The molecule has 1 saturated heterocycles. The molecule has 84 valence electrons. The molecule has 2 heterocycles. The Labute approximate surface area is 89.8 Å². The van der Waals surface area contributed by atoms with E-state index in [-0.39, 0.29) is 0 Å². The van der Waals surface area contributed by atoms with Crippen molar-refractivity contribution in [2.45, 2.75) is 38.2 Å². The largest absolute Gasteiger partial charge is 0.446 e. The van der Waals surface area contributed by atoms with Gasteiger partial charge in [0, 0.05) is 26.0 Å². The number of rotatable bonds is 5. The van der Waals surface area contributed by atoms with Crippen LogP contribution >= 0.6 is 0 Å². The van der Waals surface area contributed by atoms with Gasteiger partial charge >= 0.3 is 0 Å². The highest BCUT2D eigenvalue weighted by atomic mass is 16.5. The van der Waals surface area contributed by atoms with Gasteiger partial charge in [-0.25, -0.2) is 4.98 Å². The fraction of sp³-hybridized carbons (Fsp3) is 0.727. The van der Waals surface area contributed by atoms with E-state index in [1.165, 1.54) is 12.8 Å². The van der Waals surface area contributed by atoms with Crippen molar-refractivity contribution in [3.8, 4) is 0 Å². The topological polar surface area (TPSA) is 61.3 Å². The van der Waals surface area contributed by atoms with E-state index in [2.05, 4.69) is 4.98 Å². The molecule has 1 aliphatic heterocycles. The van der Waals surface area contributed by atoms with E-state index in [4.69, 9.17) is 14.9 Å². The van der Waals surface area contributed by atoms with Gasteiger partial charge in [-0.3, -0.25) is 0 Å². The number of nitrogens with two attached hydrogens (primary N) is 1. The Kier molecular flexibility index (Phi) is 3.75. The normalized spacial score (nSPS) is 21.0. The first-order valence-electron chi connectivity index (χ1n) is 5.63. The molecule has 1 aromatic heterocycles. The first-order valence-corrected chi connectivity index (χ1v) is 5.63. The molecule has 0 amide bonds. The Bertz CT molecular complexity index is 293. The van der Waals surface area contributed by atoms with Crippen LogP contribution in [0.3, 0.4) is 0 Å². The maximum Gasteiger partial charge on any atom is 0.195 e. The van der Waals surface area contributed by atoms with Crippen LogP contribution < -0.4 is 5.73 Å². The van der Waals surface area contributed by atoms with E-state index in [0.29, 0.717) is 12.6 Å². The average molecular weight is 210 g/mol. The van der Waals surface area contributed by atoms with Crippen molar-refractivity contribution in [2.75, 3.05) is 13.2 Å². The first-order chi connectivity index (χ1) is 7.38. The summed E-state index contributed by atoms with van der Waals surface area (Å²) in [6.45, 7) is 1.51. The highest BCUT2D eigenvalue weighted by molar-refractivity contribution is 4.95. The zero-order valence-electron chi connectivity index (χ0n) is 8.95. The van der Waals surface area contributed by atoms with Gasteiger partial charge in [0.2, 0.25) is 0 Å². The Balaban J connectivity index is 1.77.